The summed E-state index contributed by atoms with van der Waals surface area (Å²) in [6.45, 7) is 0. The van der Waals surface area contributed by atoms with Gasteiger partial charge in [0, 0.05) is 11.8 Å². The van der Waals surface area contributed by atoms with Crippen molar-refractivity contribution in [2.75, 3.05) is 0 Å². The maximum absolute atomic E-state index is 13.7. The summed E-state index contributed by atoms with van der Waals surface area (Å²) in [5.74, 6) is 0.0374. The summed E-state index contributed by atoms with van der Waals surface area (Å²) < 4.78 is 42.3. The zero-order valence-corrected chi connectivity index (χ0v) is 15.8. The first-order valence-corrected chi connectivity index (χ1v) is 8.94. The van der Waals surface area contributed by atoms with Gasteiger partial charge in [0.2, 0.25) is 0 Å². The Bertz CT molecular complexity index is 1200. The van der Waals surface area contributed by atoms with E-state index in [2.05, 4.69) is 16.3 Å². The lowest BCUT2D eigenvalue weighted by Crippen LogP contribution is -2.09. The number of aromatic nitrogens is 3. The fourth-order valence-electron chi connectivity index (χ4n) is 2.89. The lowest BCUT2D eigenvalue weighted by Gasteiger charge is -2.12. The van der Waals surface area contributed by atoms with Crippen LogP contribution in [0, 0.1) is 6.20 Å². The average molecular weight is 431 g/mol. The second kappa shape index (κ2) is 7.38. The van der Waals surface area contributed by atoms with E-state index in [0.717, 1.165) is 12.3 Å². The number of pyridine rings is 1. The van der Waals surface area contributed by atoms with E-state index in [1.807, 2.05) is 0 Å². The monoisotopic (exact) mass is 430 g/mol. The zero-order valence-electron chi connectivity index (χ0n) is 15.0. The normalized spacial score (nSPS) is 11.6. The minimum absolute atomic E-state index is 0.00632. The number of nitrogens with zero attached hydrogens (tertiary/aromatic N) is 3. The Kier molecular flexibility index (Phi) is 4.87. The van der Waals surface area contributed by atoms with Crippen LogP contribution in [0.5, 0.6) is 11.5 Å². The molecule has 2 heterocycles. The zero-order chi connectivity index (χ0) is 21.5. The molecule has 4 rings (SSSR count). The fourth-order valence-corrected chi connectivity index (χ4v) is 3.05. The minimum Gasteiger partial charge on any atom is -0.508 e. The van der Waals surface area contributed by atoms with Crippen molar-refractivity contribution in [3.63, 3.8) is 0 Å². The van der Waals surface area contributed by atoms with Gasteiger partial charge in [-0.3, -0.25) is 4.98 Å². The van der Waals surface area contributed by atoms with Crippen molar-refractivity contribution in [2.45, 2.75) is 6.18 Å². The van der Waals surface area contributed by atoms with Gasteiger partial charge in [0.15, 0.2) is 0 Å². The van der Waals surface area contributed by atoms with Crippen molar-refractivity contribution >= 4 is 11.6 Å². The molecule has 2 aromatic heterocycles. The molecule has 0 bridgehead atoms. The van der Waals surface area contributed by atoms with E-state index in [9.17, 15) is 23.4 Å². The van der Waals surface area contributed by atoms with Crippen LogP contribution in [0.3, 0.4) is 0 Å². The molecule has 0 aliphatic carbocycles. The molecule has 1 radical (unpaired) electrons. The maximum atomic E-state index is 13.7. The number of halogens is 4. The van der Waals surface area contributed by atoms with E-state index in [0.29, 0.717) is 11.3 Å². The van der Waals surface area contributed by atoms with Gasteiger partial charge >= 0.3 is 6.18 Å². The quantitative estimate of drug-likeness (QED) is 0.451. The van der Waals surface area contributed by atoms with Crippen LogP contribution < -0.4 is 0 Å². The van der Waals surface area contributed by atoms with Gasteiger partial charge in [0.05, 0.1) is 16.3 Å². The standard InChI is InChI=1S/C21H12ClF3N3O2/c22-13-9-18(21(23,24)25)20(26-10-13)19-17(12-1-5-15(29)6-2-12)11-28(27-19)14-3-7-16(30)8-4-14/h1-10,29-30H. The van der Waals surface area contributed by atoms with Gasteiger partial charge in [-0.15, -0.1) is 0 Å². The summed E-state index contributed by atoms with van der Waals surface area (Å²) in [4.78, 5) is 3.90. The van der Waals surface area contributed by atoms with Crippen LogP contribution in [0.1, 0.15) is 5.56 Å². The summed E-state index contributed by atoms with van der Waals surface area (Å²) in [5.41, 5.74) is -0.274. The molecule has 0 saturated heterocycles. The third-order valence-electron chi connectivity index (χ3n) is 4.29. The summed E-state index contributed by atoms with van der Waals surface area (Å²) in [5, 5.41) is 23.2. The molecule has 0 saturated carbocycles. The molecule has 0 aliphatic rings. The highest BCUT2D eigenvalue weighted by atomic mass is 35.5. The van der Waals surface area contributed by atoms with Gasteiger partial charge in [-0.2, -0.15) is 18.3 Å². The van der Waals surface area contributed by atoms with Crippen LogP contribution in [0.25, 0.3) is 28.2 Å². The summed E-state index contributed by atoms with van der Waals surface area (Å²) in [6.07, 6.45) is -0.642. The number of phenolic OH excluding ortho intramolecular Hbond substituents is 2. The van der Waals surface area contributed by atoms with Crippen LogP contribution in [0.2, 0.25) is 5.02 Å². The van der Waals surface area contributed by atoms with Crippen LogP contribution in [-0.2, 0) is 6.18 Å². The lowest BCUT2D eigenvalue weighted by molar-refractivity contribution is -0.137. The molecule has 0 fully saturated rings. The third-order valence-corrected chi connectivity index (χ3v) is 4.50. The van der Waals surface area contributed by atoms with E-state index >= 15 is 0 Å². The molecular weight excluding hydrogens is 419 g/mol. The second-order valence-corrected chi connectivity index (χ2v) is 6.79. The molecule has 0 spiro atoms. The summed E-state index contributed by atoms with van der Waals surface area (Å²) in [6, 6.07) is 12.6. The SMILES string of the molecule is Oc1ccc(-c2[c]n(-c3ccc(O)cc3)nc2-c2ncc(Cl)cc2C(F)(F)F)cc1. The Balaban J connectivity index is 1.97. The molecule has 0 atom stereocenters. The Hall–Kier alpha value is -3.52. The fraction of sp³-hybridized carbons (Fsp3) is 0.0476. The number of hydrogen-bond donors (Lipinski definition) is 2. The highest BCUT2D eigenvalue weighted by molar-refractivity contribution is 6.30. The van der Waals surface area contributed by atoms with E-state index in [-0.39, 0.29) is 27.8 Å². The average Bonchev–Trinajstić information content (AvgIpc) is 3.13. The van der Waals surface area contributed by atoms with Crippen LogP contribution in [-0.4, -0.2) is 25.0 Å². The van der Waals surface area contributed by atoms with Crippen molar-refractivity contribution in [2.24, 2.45) is 0 Å². The number of benzene rings is 2. The van der Waals surface area contributed by atoms with Crippen molar-refractivity contribution in [3.05, 3.63) is 77.6 Å². The summed E-state index contributed by atoms with van der Waals surface area (Å²) in [7, 11) is 0. The maximum Gasteiger partial charge on any atom is 0.418 e. The van der Waals surface area contributed by atoms with Gasteiger partial charge in [-0.1, -0.05) is 23.7 Å². The minimum atomic E-state index is -4.71. The van der Waals surface area contributed by atoms with Crippen molar-refractivity contribution in [1.29, 1.82) is 0 Å². The van der Waals surface area contributed by atoms with Gasteiger partial charge in [0.25, 0.3) is 0 Å². The van der Waals surface area contributed by atoms with Crippen molar-refractivity contribution in [1.82, 2.24) is 14.8 Å². The molecule has 0 aliphatic heterocycles. The predicted octanol–water partition coefficient (Wildman–Crippen LogP) is 5.48. The molecule has 151 valence electrons. The number of rotatable bonds is 3. The Labute approximate surface area is 173 Å². The first-order chi connectivity index (χ1) is 14.2. The largest absolute Gasteiger partial charge is 0.508 e. The number of phenols is 2. The van der Waals surface area contributed by atoms with E-state index in [1.165, 1.54) is 41.1 Å². The lowest BCUT2D eigenvalue weighted by atomic mass is 10.0. The molecule has 5 nitrogen and oxygen atoms in total. The van der Waals surface area contributed by atoms with Gasteiger partial charge in [0.1, 0.15) is 29.1 Å². The second-order valence-electron chi connectivity index (χ2n) is 6.36. The first-order valence-electron chi connectivity index (χ1n) is 8.56. The highest BCUT2D eigenvalue weighted by Gasteiger charge is 2.36. The van der Waals surface area contributed by atoms with Gasteiger partial charge in [-0.05, 0) is 48.0 Å². The molecule has 0 unspecified atom stereocenters. The Morgan fingerprint density at radius 1 is 0.900 bits per heavy atom. The number of alkyl halides is 3. The van der Waals surface area contributed by atoms with Crippen molar-refractivity contribution < 1.29 is 23.4 Å². The molecule has 30 heavy (non-hydrogen) atoms. The molecular formula is C21H12ClF3N3O2. The first kappa shape index (κ1) is 19.8. The predicted molar refractivity (Wildman–Crippen MR) is 104 cm³/mol. The number of hydrogen-bond acceptors (Lipinski definition) is 4. The van der Waals surface area contributed by atoms with Gasteiger partial charge < -0.3 is 10.2 Å². The Morgan fingerprint density at radius 3 is 2.10 bits per heavy atom. The topological polar surface area (TPSA) is 71.2 Å². The van der Waals surface area contributed by atoms with Crippen LogP contribution >= 0.6 is 11.6 Å². The smallest absolute Gasteiger partial charge is 0.418 e. The van der Waals surface area contributed by atoms with E-state index in [1.54, 1.807) is 12.1 Å². The molecule has 9 heteroatoms. The van der Waals surface area contributed by atoms with E-state index < -0.39 is 17.4 Å². The molecule has 2 N–H and O–H groups in total. The summed E-state index contributed by atoms with van der Waals surface area (Å²) >= 11 is 5.75. The number of aromatic hydroxyl groups is 2. The Morgan fingerprint density at radius 2 is 1.50 bits per heavy atom. The van der Waals surface area contributed by atoms with Gasteiger partial charge in [-0.25, -0.2) is 4.68 Å². The molecule has 4 aromatic rings. The molecule has 0 amide bonds. The van der Waals surface area contributed by atoms with Crippen LogP contribution in [0.15, 0.2) is 60.8 Å². The molecule has 2 aromatic carbocycles. The third kappa shape index (κ3) is 3.81. The van der Waals surface area contributed by atoms with Crippen molar-refractivity contribution in [3.8, 4) is 39.7 Å². The highest BCUT2D eigenvalue weighted by Crippen LogP contribution is 2.40. The van der Waals surface area contributed by atoms with Crippen LogP contribution in [0.4, 0.5) is 13.2 Å². The van der Waals surface area contributed by atoms with E-state index in [4.69, 9.17) is 11.6 Å².